The number of carbonyl (C=O) groups is 2. The van der Waals surface area contributed by atoms with Gasteiger partial charge in [-0.1, -0.05) is 31.3 Å². The van der Waals surface area contributed by atoms with Gasteiger partial charge in [0.05, 0.1) is 0 Å². The van der Waals surface area contributed by atoms with Gasteiger partial charge in [-0.05, 0) is 68.1 Å². The van der Waals surface area contributed by atoms with E-state index >= 15 is 0 Å². The summed E-state index contributed by atoms with van der Waals surface area (Å²) in [6.45, 7) is 7.68. The summed E-state index contributed by atoms with van der Waals surface area (Å²) in [6.07, 6.45) is 3.54. The lowest BCUT2D eigenvalue weighted by Gasteiger charge is -2.58. The maximum Gasteiger partial charge on any atom is 0.251 e. The molecule has 0 atom stereocenters. The number of nitrogens with zero attached hydrogens (tertiary/aromatic N) is 4. The first-order valence-electron chi connectivity index (χ1n) is 13.8. The second kappa shape index (κ2) is 10.4. The average molecular weight is 546 g/mol. The number of ether oxygens (including phenoxy) is 1. The van der Waals surface area contributed by atoms with Gasteiger partial charge in [0.25, 0.3) is 5.91 Å². The quantitative estimate of drug-likeness (QED) is 0.425. The molecule has 0 bridgehead atoms. The maximum atomic E-state index is 13.1. The van der Waals surface area contributed by atoms with Crippen molar-refractivity contribution < 1.29 is 14.3 Å². The van der Waals surface area contributed by atoms with Crippen LogP contribution in [0.15, 0.2) is 42.5 Å². The van der Waals surface area contributed by atoms with Crippen molar-refractivity contribution in [1.82, 2.24) is 25.3 Å². The molecule has 0 radical (unpaired) electrons. The molecule has 6 rings (SSSR count). The van der Waals surface area contributed by atoms with Crippen molar-refractivity contribution in [2.24, 2.45) is 5.41 Å². The topological polar surface area (TPSA) is 87.7 Å². The predicted octanol–water partition coefficient (Wildman–Crippen LogP) is 5.07. The Balaban J connectivity index is 1.19. The van der Waals surface area contributed by atoms with E-state index in [1.54, 1.807) is 11.3 Å². The fraction of sp³-hybridized carbons (Fsp3) is 0.467. The number of likely N-dealkylation sites (tertiary alicyclic amines) is 2. The molecule has 2 amide bonds. The van der Waals surface area contributed by atoms with E-state index in [9.17, 15) is 9.59 Å². The second-order valence-corrected chi connectivity index (χ2v) is 12.7. The standard InChI is InChI=1S/C30H35N5O3S/c1-19(2)28-32-33-29(39-28)20-8-10-24(11-9-20)38-25-13-21(6-7-22(25)16-35-12-4-5-26(35)36)27(37)31-23-14-30(15-23)17-34(3)18-30/h6-11,13,19,23H,4-5,12,14-18H2,1-3H3,(H,31,37). The Morgan fingerprint density at radius 2 is 1.92 bits per heavy atom. The molecule has 3 aliphatic rings. The van der Waals surface area contributed by atoms with Crippen LogP contribution in [-0.4, -0.2) is 64.5 Å². The van der Waals surface area contributed by atoms with Crippen molar-refractivity contribution in [2.75, 3.05) is 26.7 Å². The lowest BCUT2D eigenvalue weighted by molar-refractivity contribution is -0.128. The summed E-state index contributed by atoms with van der Waals surface area (Å²) in [7, 11) is 2.14. The first kappa shape index (κ1) is 26.0. The monoisotopic (exact) mass is 545 g/mol. The third kappa shape index (κ3) is 5.43. The molecule has 8 nitrogen and oxygen atoms in total. The number of carbonyl (C=O) groups excluding carboxylic acids is 2. The largest absolute Gasteiger partial charge is 0.457 e. The number of hydrogen-bond acceptors (Lipinski definition) is 7. The van der Waals surface area contributed by atoms with Crippen LogP contribution >= 0.6 is 11.3 Å². The highest BCUT2D eigenvalue weighted by Crippen LogP contribution is 2.47. The second-order valence-electron chi connectivity index (χ2n) is 11.7. The number of nitrogens with one attached hydrogen (secondary N) is 1. The van der Waals surface area contributed by atoms with E-state index in [-0.39, 0.29) is 17.9 Å². The van der Waals surface area contributed by atoms with Crippen molar-refractivity contribution in [3.8, 4) is 22.1 Å². The molecular formula is C30H35N5O3S. The smallest absolute Gasteiger partial charge is 0.251 e. The molecule has 2 saturated heterocycles. The van der Waals surface area contributed by atoms with Crippen LogP contribution in [0.4, 0.5) is 0 Å². The van der Waals surface area contributed by atoms with E-state index in [0.717, 1.165) is 60.0 Å². The molecule has 3 heterocycles. The SMILES string of the molecule is CC(C)c1nnc(-c2ccc(Oc3cc(C(=O)NC4CC5(C4)CN(C)C5)ccc3CN3CCCC3=O)cc2)s1. The molecule has 2 aliphatic heterocycles. The van der Waals surface area contributed by atoms with Gasteiger partial charge in [0.1, 0.15) is 21.5 Å². The highest BCUT2D eigenvalue weighted by atomic mass is 32.1. The zero-order valence-corrected chi connectivity index (χ0v) is 23.6. The highest BCUT2D eigenvalue weighted by Gasteiger charge is 2.51. The van der Waals surface area contributed by atoms with Gasteiger partial charge in [-0.3, -0.25) is 9.59 Å². The third-order valence-corrected chi connectivity index (χ3v) is 9.30. The molecule has 3 aromatic rings. The van der Waals surface area contributed by atoms with Crippen LogP contribution in [0.1, 0.15) is 66.4 Å². The van der Waals surface area contributed by atoms with Crippen LogP contribution in [0.25, 0.3) is 10.6 Å². The first-order valence-corrected chi connectivity index (χ1v) is 14.6. The van der Waals surface area contributed by atoms with Gasteiger partial charge in [0.2, 0.25) is 5.91 Å². The summed E-state index contributed by atoms with van der Waals surface area (Å²) in [5, 5.41) is 13.7. The van der Waals surface area contributed by atoms with Gasteiger partial charge >= 0.3 is 0 Å². The van der Waals surface area contributed by atoms with Gasteiger partial charge < -0.3 is 19.9 Å². The average Bonchev–Trinajstić information content (AvgIpc) is 3.53. The van der Waals surface area contributed by atoms with Gasteiger partial charge in [-0.25, -0.2) is 0 Å². The Kier molecular flexibility index (Phi) is 6.89. The first-order chi connectivity index (χ1) is 18.8. The van der Waals surface area contributed by atoms with Crippen LogP contribution in [-0.2, 0) is 11.3 Å². The minimum Gasteiger partial charge on any atom is -0.457 e. The Morgan fingerprint density at radius 1 is 1.15 bits per heavy atom. The van der Waals surface area contributed by atoms with Crippen LogP contribution in [0.2, 0.25) is 0 Å². The van der Waals surface area contributed by atoms with Gasteiger partial charge in [0, 0.05) is 61.2 Å². The van der Waals surface area contributed by atoms with Gasteiger partial charge in [0.15, 0.2) is 0 Å². The van der Waals surface area contributed by atoms with Crippen LogP contribution in [0.5, 0.6) is 11.5 Å². The normalized spacial score (nSPS) is 18.9. The zero-order chi connectivity index (χ0) is 27.1. The Morgan fingerprint density at radius 3 is 2.56 bits per heavy atom. The molecule has 204 valence electrons. The van der Waals surface area contributed by atoms with Crippen LogP contribution in [0.3, 0.4) is 0 Å². The highest BCUT2D eigenvalue weighted by molar-refractivity contribution is 7.14. The lowest BCUT2D eigenvalue weighted by atomic mass is 9.61. The van der Waals surface area contributed by atoms with E-state index in [2.05, 4.69) is 41.3 Å². The summed E-state index contributed by atoms with van der Waals surface area (Å²) in [4.78, 5) is 29.6. The van der Waals surface area contributed by atoms with Crippen molar-refractivity contribution in [3.05, 3.63) is 58.6 Å². The van der Waals surface area contributed by atoms with Crippen molar-refractivity contribution in [3.63, 3.8) is 0 Å². The number of benzene rings is 2. The summed E-state index contributed by atoms with van der Waals surface area (Å²) < 4.78 is 6.34. The Hall–Kier alpha value is -3.30. The maximum absolute atomic E-state index is 13.1. The number of amides is 2. The van der Waals surface area contributed by atoms with Gasteiger partial charge in [-0.2, -0.15) is 0 Å². The molecule has 2 aromatic carbocycles. The molecular weight excluding hydrogens is 510 g/mol. The minimum atomic E-state index is -0.0799. The molecule has 1 spiro atoms. The van der Waals surface area contributed by atoms with Crippen molar-refractivity contribution in [1.29, 1.82) is 0 Å². The molecule has 1 aromatic heterocycles. The molecule has 1 saturated carbocycles. The van der Waals surface area contributed by atoms with Crippen LogP contribution in [0, 0.1) is 5.41 Å². The summed E-state index contributed by atoms with van der Waals surface area (Å²) in [5.41, 5.74) is 2.85. The Labute approximate surface area is 233 Å². The summed E-state index contributed by atoms with van der Waals surface area (Å²) in [5.74, 6) is 1.68. The van der Waals surface area contributed by atoms with Crippen molar-refractivity contribution in [2.45, 2.75) is 58.0 Å². The number of rotatable bonds is 8. The molecule has 0 unspecified atom stereocenters. The van der Waals surface area contributed by atoms with Crippen LogP contribution < -0.4 is 10.1 Å². The van der Waals surface area contributed by atoms with Gasteiger partial charge in [-0.15, -0.1) is 10.2 Å². The number of aromatic nitrogens is 2. The van der Waals surface area contributed by atoms with E-state index in [4.69, 9.17) is 4.74 Å². The predicted molar refractivity (Wildman–Crippen MR) is 151 cm³/mol. The lowest BCUT2D eigenvalue weighted by Crippen LogP contribution is -2.65. The molecule has 9 heteroatoms. The van der Waals surface area contributed by atoms with E-state index in [0.29, 0.717) is 41.4 Å². The molecule has 39 heavy (non-hydrogen) atoms. The third-order valence-electron chi connectivity index (χ3n) is 8.03. The van der Waals surface area contributed by atoms with E-state index in [1.165, 1.54) is 0 Å². The minimum absolute atomic E-state index is 0.0799. The van der Waals surface area contributed by atoms with Crippen molar-refractivity contribution >= 4 is 23.2 Å². The summed E-state index contributed by atoms with van der Waals surface area (Å²) in [6, 6.07) is 13.6. The zero-order valence-electron chi connectivity index (χ0n) is 22.8. The fourth-order valence-corrected chi connectivity index (χ4v) is 6.94. The Bertz CT molecular complexity index is 1370. The molecule has 3 fully saturated rings. The molecule has 1 aliphatic carbocycles. The molecule has 1 N–H and O–H groups in total. The summed E-state index contributed by atoms with van der Waals surface area (Å²) >= 11 is 1.60. The fourth-order valence-electron chi connectivity index (χ4n) is 6.09. The number of hydrogen-bond donors (Lipinski definition) is 1. The van der Waals surface area contributed by atoms with E-state index in [1.807, 2.05) is 47.4 Å². The van der Waals surface area contributed by atoms with E-state index < -0.39 is 0 Å².